The molecule has 0 aliphatic rings. The third-order valence-electron chi connectivity index (χ3n) is 3.29. The van der Waals surface area contributed by atoms with E-state index in [4.69, 9.17) is 5.73 Å². The highest BCUT2D eigenvalue weighted by atomic mass is 32.2. The SMILES string of the molecule is Cc1cccc(CN(C)S(=O)(=O)Cc2ccc(N)cc2)c1. The van der Waals surface area contributed by atoms with Crippen LogP contribution in [-0.2, 0) is 22.3 Å². The summed E-state index contributed by atoms with van der Waals surface area (Å²) in [6, 6.07) is 14.8. The molecule has 2 rings (SSSR count). The summed E-state index contributed by atoms with van der Waals surface area (Å²) in [6.07, 6.45) is 0. The first-order valence-electron chi connectivity index (χ1n) is 6.71. The monoisotopic (exact) mass is 304 g/mol. The summed E-state index contributed by atoms with van der Waals surface area (Å²) in [7, 11) is -1.74. The second-order valence-corrected chi connectivity index (χ2v) is 7.32. The van der Waals surface area contributed by atoms with Crippen molar-refractivity contribution in [2.45, 2.75) is 19.2 Å². The molecule has 0 spiro atoms. The zero-order chi connectivity index (χ0) is 15.5. The summed E-state index contributed by atoms with van der Waals surface area (Å²) in [5, 5.41) is 0. The van der Waals surface area contributed by atoms with Crippen LogP contribution in [0.4, 0.5) is 5.69 Å². The molecule has 0 aliphatic carbocycles. The average molecular weight is 304 g/mol. The van der Waals surface area contributed by atoms with E-state index in [1.165, 1.54) is 4.31 Å². The van der Waals surface area contributed by atoms with Gasteiger partial charge in [0.15, 0.2) is 0 Å². The summed E-state index contributed by atoms with van der Waals surface area (Å²) in [5.41, 5.74) is 9.08. The van der Waals surface area contributed by atoms with Crippen LogP contribution in [0.1, 0.15) is 16.7 Å². The van der Waals surface area contributed by atoms with Gasteiger partial charge in [0.2, 0.25) is 10.0 Å². The van der Waals surface area contributed by atoms with Crippen molar-refractivity contribution < 1.29 is 8.42 Å². The molecular weight excluding hydrogens is 284 g/mol. The van der Waals surface area contributed by atoms with Crippen LogP contribution < -0.4 is 5.73 Å². The molecule has 0 bridgehead atoms. The zero-order valence-electron chi connectivity index (χ0n) is 12.3. The normalized spacial score (nSPS) is 11.8. The summed E-state index contributed by atoms with van der Waals surface area (Å²) in [6.45, 7) is 2.37. The van der Waals surface area contributed by atoms with E-state index in [9.17, 15) is 8.42 Å². The number of benzene rings is 2. The van der Waals surface area contributed by atoms with Crippen LogP contribution in [-0.4, -0.2) is 19.8 Å². The van der Waals surface area contributed by atoms with E-state index in [2.05, 4.69) is 0 Å². The maximum atomic E-state index is 12.4. The summed E-state index contributed by atoms with van der Waals surface area (Å²) < 4.78 is 26.1. The lowest BCUT2D eigenvalue weighted by molar-refractivity contribution is 0.466. The molecule has 0 unspecified atom stereocenters. The van der Waals surface area contributed by atoms with E-state index in [-0.39, 0.29) is 5.75 Å². The Balaban J connectivity index is 2.09. The fourth-order valence-corrected chi connectivity index (χ4v) is 3.28. The lowest BCUT2D eigenvalue weighted by atomic mass is 10.1. The van der Waals surface area contributed by atoms with E-state index < -0.39 is 10.0 Å². The van der Waals surface area contributed by atoms with Crippen LogP contribution in [0, 0.1) is 6.92 Å². The van der Waals surface area contributed by atoms with Crippen molar-refractivity contribution in [2.75, 3.05) is 12.8 Å². The molecule has 0 fully saturated rings. The van der Waals surface area contributed by atoms with E-state index in [1.54, 1.807) is 31.3 Å². The Bertz CT molecular complexity index is 709. The molecule has 0 amide bonds. The first-order valence-corrected chi connectivity index (χ1v) is 8.32. The smallest absolute Gasteiger partial charge is 0.218 e. The van der Waals surface area contributed by atoms with Gasteiger partial charge in [0, 0.05) is 19.3 Å². The Hall–Kier alpha value is -1.85. The zero-order valence-corrected chi connectivity index (χ0v) is 13.1. The van der Waals surface area contributed by atoms with Gasteiger partial charge in [0.05, 0.1) is 5.75 Å². The minimum absolute atomic E-state index is 0.0183. The first-order chi connectivity index (χ1) is 9.87. The molecule has 0 atom stereocenters. The van der Waals surface area contributed by atoms with Crippen molar-refractivity contribution in [2.24, 2.45) is 0 Å². The third kappa shape index (κ3) is 4.31. The molecule has 4 nitrogen and oxygen atoms in total. The van der Waals surface area contributed by atoms with Gasteiger partial charge in [-0.25, -0.2) is 12.7 Å². The summed E-state index contributed by atoms with van der Waals surface area (Å²) in [4.78, 5) is 0. The van der Waals surface area contributed by atoms with Crippen molar-refractivity contribution in [1.29, 1.82) is 0 Å². The van der Waals surface area contributed by atoms with Crippen molar-refractivity contribution in [3.63, 3.8) is 0 Å². The average Bonchev–Trinajstić information content (AvgIpc) is 2.41. The molecule has 0 saturated carbocycles. The molecule has 21 heavy (non-hydrogen) atoms. The van der Waals surface area contributed by atoms with Gasteiger partial charge in [-0.15, -0.1) is 0 Å². The molecule has 112 valence electrons. The Labute approximate surface area is 126 Å². The molecule has 0 aliphatic heterocycles. The lowest BCUT2D eigenvalue weighted by Crippen LogP contribution is -2.27. The van der Waals surface area contributed by atoms with Crippen molar-refractivity contribution in [3.8, 4) is 0 Å². The number of anilines is 1. The van der Waals surface area contributed by atoms with Crippen molar-refractivity contribution in [3.05, 3.63) is 65.2 Å². The molecule has 5 heteroatoms. The highest BCUT2D eigenvalue weighted by Crippen LogP contribution is 2.15. The number of rotatable bonds is 5. The number of nitrogen functional groups attached to an aromatic ring is 1. The Morgan fingerprint density at radius 1 is 1.05 bits per heavy atom. The highest BCUT2D eigenvalue weighted by molar-refractivity contribution is 7.88. The Morgan fingerprint density at radius 3 is 2.33 bits per heavy atom. The summed E-state index contributed by atoms with van der Waals surface area (Å²) >= 11 is 0. The predicted octanol–water partition coefficient (Wildman–Crippen LogP) is 2.54. The summed E-state index contributed by atoms with van der Waals surface area (Å²) in [5.74, 6) is -0.0183. The number of hydrogen-bond donors (Lipinski definition) is 1. The standard InChI is InChI=1S/C16H20N2O2S/c1-13-4-3-5-15(10-13)11-18(2)21(19,20)12-14-6-8-16(17)9-7-14/h3-10H,11-12,17H2,1-2H3. The Morgan fingerprint density at radius 2 is 1.71 bits per heavy atom. The van der Waals surface area contributed by atoms with Gasteiger partial charge in [0.25, 0.3) is 0 Å². The maximum Gasteiger partial charge on any atom is 0.218 e. The van der Waals surface area contributed by atoms with Crippen LogP contribution in [0.3, 0.4) is 0 Å². The fourth-order valence-electron chi connectivity index (χ4n) is 2.10. The molecule has 0 radical (unpaired) electrons. The van der Waals surface area contributed by atoms with Crippen molar-refractivity contribution >= 4 is 15.7 Å². The molecule has 2 N–H and O–H groups in total. The Kier molecular flexibility index (Phi) is 4.65. The van der Waals surface area contributed by atoms with Gasteiger partial charge < -0.3 is 5.73 Å². The first kappa shape index (κ1) is 15.5. The molecule has 0 saturated heterocycles. The molecule has 2 aromatic carbocycles. The van der Waals surface area contributed by atoms with Gasteiger partial charge in [-0.1, -0.05) is 42.0 Å². The van der Waals surface area contributed by atoms with Crippen LogP contribution in [0.25, 0.3) is 0 Å². The lowest BCUT2D eigenvalue weighted by Gasteiger charge is -2.17. The number of nitrogens with two attached hydrogens (primary N) is 1. The van der Waals surface area contributed by atoms with Crippen LogP contribution in [0.2, 0.25) is 0 Å². The molecule has 0 heterocycles. The largest absolute Gasteiger partial charge is 0.399 e. The van der Waals surface area contributed by atoms with Crippen LogP contribution >= 0.6 is 0 Å². The fraction of sp³-hybridized carbons (Fsp3) is 0.250. The van der Waals surface area contributed by atoms with Gasteiger partial charge in [-0.3, -0.25) is 0 Å². The van der Waals surface area contributed by atoms with E-state index in [1.807, 2.05) is 31.2 Å². The second kappa shape index (κ2) is 6.28. The number of sulfonamides is 1. The number of aryl methyl sites for hydroxylation is 1. The van der Waals surface area contributed by atoms with Crippen LogP contribution in [0.15, 0.2) is 48.5 Å². The second-order valence-electron chi connectivity index (χ2n) is 5.24. The number of nitrogens with zero attached hydrogens (tertiary/aromatic N) is 1. The van der Waals surface area contributed by atoms with E-state index in [0.29, 0.717) is 12.2 Å². The third-order valence-corrected chi connectivity index (χ3v) is 5.07. The van der Waals surface area contributed by atoms with Gasteiger partial charge in [0.1, 0.15) is 0 Å². The minimum Gasteiger partial charge on any atom is -0.399 e. The highest BCUT2D eigenvalue weighted by Gasteiger charge is 2.18. The maximum absolute atomic E-state index is 12.4. The topological polar surface area (TPSA) is 63.4 Å². The molecule has 0 aromatic heterocycles. The van der Waals surface area contributed by atoms with Crippen LogP contribution in [0.5, 0.6) is 0 Å². The van der Waals surface area contributed by atoms with E-state index >= 15 is 0 Å². The predicted molar refractivity (Wildman–Crippen MR) is 86.1 cm³/mol. The van der Waals surface area contributed by atoms with Crippen molar-refractivity contribution in [1.82, 2.24) is 4.31 Å². The minimum atomic E-state index is -3.34. The van der Waals surface area contributed by atoms with Gasteiger partial charge in [-0.05, 0) is 30.2 Å². The van der Waals surface area contributed by atoms with Gasteiger partial charge in [-0.2, -0.15) is 0 Å². The quantitative estimate of drug-likeness (QED) is 0.863. The van der Waals surface area contributed by atoms with E-state index in [0.717, 1.165) is 16.7 Å². The number of hydrogen-bond acceptors (Lipinski definition) is 3. The van der Waals surface area contributed by atoms with Gasteiger partial charge >= 0.3 is 0 Å². The molecular formula is C16H20N2O2S. The molecule has 2 aromatic rings.